The molecule has 0 saturated carbocycles. The summed E-state index contributed by atoms with van der Waals surface area (Å²) in [5, 5.41) is 0. The topological polar surface area (TPSA) is 63.2 Å². The number of hydrogen-bond acceptors (Lipinski definition) is 6. The lowest BCUT2D eigenvalue weighted by molar-refractivity contribution is -0.131. The maximum atomic E-state index is 12.9. The van der Waals surface area contributed by atoms with Crippen molar-refractivity contribution in [3.63, 3.8) is 0 Å². The molecule has 2 unspecified atom stereocenters. The van der Waals surface area contributed by atoms with Crippen LogP contribution in [0.15, 0.2) is 12.7 Å². The van der Waals surface area contributed by atoms with E-state index >= 15 is 0 Å². The Kier molecular flexibility index (Phi) is 15.9. The molecule has 0 amide bonds. The molecule has 0 N–H and O–H groups in total. The third-order valence-corrected chi connectivity index (χ3v) is 31.3. The van der Waals surface area contributed by atoms with E-state index in [2.05, 4.69) is 95.5 Å². The monoisotopic (exact) mass is 608 g/mol. The molecule has 2 atom stereocenters. The molecule has 0 spiro atoms. The molecule has 0 rings (SSSR count). The van der Waals surface area contributed by atoms with Crippen LogP contribution in [0.3, 0.4) is 0 Å². The van der Waals surface area contributed by atoms with Crippen LogP contribution >= 0.6 is 0 Å². The molecule has 0 fully saturated rings. The van der Waals surface area contributed by atoms with Gasteiger partial charge in [0.15, 0.2) is 25.0 Å². The summed E-state index contributed by atoms with van der Waals surface area (Å²) >= 11 is 0. The Bertz CT molecular complexity index is 643. The van der Waals surface area contributed by atoms with E-state index in [1.54, 1.807) is 0 Å². The lowest BCUT2D eigenvalue weighted by Gasteiger charge is -2.50. The minimum Gasteiger partial charge on any atom is -0.491 e. The zero-order chi connectivity index (χ0) is 29.1. The molecule has 0 aromatic rings. The van der Waals surface area contributed by atoms with Gasteiger partial charge in [0.1, 0.15) is 0 Å². The van der Waals surface area contributed by atoms with Gasteiger partial charge in [0.25, 0.3) is 0 Å². The van der Waals surface area contributed by atoms with Gasteiger partial charge in [-0.25, -0.2) is 4.79 Å². The van der Waals surface area contributed by atoms with Crippen molar-refractivity contribution < 1.29 is 25.7 Å². The van der Waals surface area contributed by atoms with Gasteiger partial charge < -0.3 is 20.9 Å². The molecular formula is C26H60O6Si5. The average Bonchev–Trinajstić information content (AvgIpc) is 2.88. The standard InChI is InChI=1S/C26H60O6Si5/c1-15-24(10)36(25(11)16-2,28-26(27)17-3)32-37(29-33(12,13)14,30-34(18-4,19-5)20-6)31-35(21-7,22-8)23-9/h17,24-25H,3,15-16,18-23H2,1-2,4-14H3. The average molecular weight is 609 g/mol. The minimum absolute atomic E-state index is 0.0394. The van der Waals surface area contributed by atoms with Crippen molar-refractivity contribution in [1.29, 1.82) is 0 Å². The minimum atomic E-state index is -3.77. The van der Waals surface area contributed by atoms with E-state index in [9.17, 15) is 4.79 Å². The SMILES string of the molecule is C=CC(=O)O[Si](O[Si](O[Si](C)(C)C)(O[Si](CC)(CC)CC)O[Si](CC)(CC)CC)(C(C)CC)C(C)CC. The predicted octanol–water partition coefficient (Wildman–Crippen LogP) is 9.11. The maximum absolute atomic E-state index is 12.9. The maximum Gasteiger partial charge on any atom is 0.639 e. The highest BCUT2D eigenvalue weighted by Gasteiger charge is 2.65. The van der Waals surface area contributed by atoms with E-state index < -0.39 is 48.5 Å². The second kappa shape index (κ2) is 15.8. The molecule has 6 nitrogen and oxygen atoms in total. The van der Waals surface area contributed by atoms with Crippen molar-refractivity contribution >= 4 is 48.5 Å². The van der Waals surface area contributed by atoms with Gasteiger partial charge in [-0.1, -0.05) is 88.7 Å². The van der Waals surface area contributed by atoms with E-state index in [1.165, 1.54) is 6.08 Å². The Hall–Kier alpha value is 0.134. The number of carbonyl (C=O) groups is 1. The summed E-state index contributed by atoms with van der Waals surface area (Å²) in [6.07, 6.45) is 2.91. The first-order valence-electron chi connectivity index (χ1n) is 14.8. The Morgan fingerprint density at radius 3 is 1.27 bits per heavy atom. The van der Waals surface area contributed by atoms with Gasteiger partial charge >= 0.3 is 23.6 Å². The van der Waals surface area contributed by atoms with Crippen molar-refractivity contribution in [2.75, 3.05) is 0 Å². The fourth-order valence-electron chi connectivity index (χ4n) is 4.84. The van der Waals surface area contributed by atoms with Gasteiger partial charge in [-0.15, -0.1) is 0 Å². The van der Waals surface area contributed by atoms with Gasteiger partial charge in [-0.2, -0.15) is 0 Å². The van der Waals surface area contributed by atoms with Crippen molar-refractivity contribution in [1.82, 2.24) is 0 Å². The lowest BCUT2D eigenvalue weighted by atomic mass is 10.4. The molecule has 0 aliphatic carbocycles. The van der Waals surface area contributed by atoms with Crippen molar-refractivity contribution in [2.24, 2.45) is 0 Å². The zero-order valence-electron chi connectivity index (χ0n) is 26.5. The summed E-state index contributed by atoms with van der Waals surface area (Å²) in [6.45, 7) is 32.2. The molecule has 0 saturated heterocycles. The highest BCUT2D eigenvalue weighted by molar-refractivity contribution is 6.92. The molecular weight excluding hydrogens is 549 g/mol. The fraction of sp³-hybridized carbons (Fsp3) is 0.885. The molecule has 220 valence electrons. The van der Waals surface area contributed by atoms with E-state index in [0.29, 0.717) is 0 Å². The zero-order valence-corrected chi connectivity index (χ0v) is 31.5. The molecule has 0 aliphatic heterocycles. The van der Waals surface area contributed by atoms with E-state index in [-0.39, 0.29) is 11.1 Å². The molecule has 0 bridgehead atoms. The Balaban J connectivity index is 7.56. The summed E-state index contributed by atoms with van der Waals surface area (Å²) in [5.74, 6) is -0.432. The lowest BCUT2D eigenvalue weighted by Crippen LogP contribution is -2.70. The molecule has 11 heteroatoms. The molecule has 0 aromatic carbocycles. The van der Waals surface area contributed by atoms with Crippen molar-refractivity contribution in [3.8, 4) is 0 Å². The third kappa shape index (κ3) is 9.92. The first-order chi connectivity index (χ1) is 17.1. The molecule has 0 radical (unpaired) electrons. The molecule has 0 aliphatic rings. The van der Waals surface area contributed by atoms with Crippen molar-refractivity contribution in [3.05, 3.63) is 12.7 Å². The predicted molar refractivity (Wildman–Crippen MR) is 169 cm³/mol. The van der Waals surface area contributed by atoms with E-state index in [1.807, 2.05) is 0 Å². The van der Waals surface area contributed by atoms with Crippen LogP contribution in [0.25, 0.3) is 0 Å². The Morgan fingerprint density at radius 2 is 1.03 bits per heavy atom. The number of carbonyl (C=O) groups excluding carboxylic acids is 1. The quantitative estimate of drug-likeness (QED) is 0.101. The Labute approximate surface area is 235 Å². The third-order valence-electron chi connectivity index (χ3n) is 8.29. The van der Waals surface area contributed by atoms with Crippen LogP contribution in [0.5, 0.6) is 0 Å². The highest BCUT2D eigenvalue weighted by atomic mass is 28.5. The Morgan fingerprint density at radius 1 is 0.676 bits per heavy atom. The first-order valence-corrected chi connectivity index (χ1v) is 26.8. The summed E-state index contributed by atoms with van der Waals surface area (Å²) in [6, 6.07) is 5.77. The second-order valence-electron chi connectivity index (χ2n) is 11.5. The first kappa shape index (κ1) is 37.1. The van der Waals surface area contributed by atoms with Crippen LogP contribution in [0.1, 0.15) is 82.1 Å². The van der Waals surface area contributed by atoms with Crippen LogP contribution in [-0.2, 0) is 25.7 Å². The second-order valence-corrected chi connectivity index (χ2v) is 32.6. The summed E-state index contributed by atoms with van der Waals surface area (Å²) in [5.41, 5.74) is 0.0788. The van der Waals surface area contributed by atoms with Gasteiger partial charge in [-0.05, 0) is 55.9 Å². The summed E-state index contributed by atoms with van der Waals surface area (Å²) in [7, 11) is -13.7. The van der Waals surface area contributed by atoms with Gasteiger partial charge in [-0.3, -0.25) is 0 Å². The summed E-state index contributed by atoms with van der Waals surface area (Å²) < 4.78 is 35.7. The molecule has 0 aromatic heterocycles. The summed E-state index contributed by atoms with van der Waals surface area (Å²) in [4.78, 5) is 12.9. The normalized spacial score (nSPS) is 16.7. The van der Waals surface area contributed by atoms with E-state index in [4.69, 9.17) is 20.9 Å². The largest absolute Gasteiger partial charge is 0.639 e. The molecule has 37 heavy (non-hydrogen) atoms. The van der Waals surface area contributed by atoms with Crippen LogP contribution in [0.4, 0.5) is 0 Å². The van der Waals surface area contributed by atoms with E-state index in [0.717, 1.165) is 49.1 Å². The fourth-order valence-corrected chi connectivity index (χ4v) is 28.0. The number of rotatable bonds is 20. The molecule has 0 heterocycles. The highest BCUT2D eigenvalue weighted by Crippen LogP contribution is 2.44. The number of hydrogen-bond donors (Lipinski definition) is 0. The smallest absolute Gasteiger partial charge is 0.491 e. The van der Waals surface area contributed by atoms with Crippen molar-refractivity contribution in [2.45, 2.75) is 149 Å². The van der Waals surface area contributed by atoms with Crippen LogP contribution in [0.2, 0.25) is 67.0 Å². The van der Waals surface area contributed by atoms with Crippen LogP contribution < -0.4 is 0 Å². The van der Waals surface area contributed by atoms with Crippen LogP contribution in [-0.4, -0.2) is 48.5 Å². The van der Waals surface area contributed by atoms with Gasteiger partial charge in [0.2, 0.25) is 0 Å². The van der Waals surface area contributed by atoms with Crippen LogP contribution in [0, 0.1) is 0 Å². The van der Waals surface area contributed by atoms with Gasteiger partial charge in [0.05, 0.1) is 0 Å². The van der Waals surface area contributed by atoms with Gasteiger partial charge in [0, 0.05) is 17.2 Å².